The molecule has 102 valence electrons. The maximum atomic E-state index is 6.00. The Hall–Kier alpha value is -0.240. The molecule has 0 heterocycles. The van der Waals surface area contributed by atoms with E-state index in [9.17, 15) is 0 Å². The van der Waals surface area contributed by atoms with Gasteiger partial charge in [-0.25, -0.2) is 4.99 Å². The number of benzene rings is 1. The van der Waals surface area contributed by atoms with Gasteiger partial charge in [0.1, 0.15) is 0 Å². The molecule has 0 aromatic heterocycles. The van der Waals surface area contributed by atoms with E-state index in [1.165, 1.54) is 0 Å². The second kappa shape index (κ2) is 9.66. The van der Waals surface area contributed by atoms with E-state index in [-0.39, 0.29) is 24.0 Å². The Kier molecular flexibility index (Phi) is 9.53. The summed E-state index contributed by atoms with van der Waals surface area (Å²) >= 11 is 11.8. The number of aliphatic imine (C=N–C) groups is 1. The SMILES string of the molecule is COCCNC(N)=NCc1ccc(Cl)cc1Cl.I. The molecule has 3 N–H and O–H groups in total. The Morgan fingerprint density at radius 1 is 1.44 bits per heavy atom. The van der Waals surface area contributed by atoms with Gasteiger partial charge in [0.15, 0.2) is 5.96 Å². The van der Waals surface area contributed by atoms with E-state index < -0.39 is 0 Å². The molecule has 0 saturated heterocycles. The number of hydrogen-bond donors (Lipinski definition) is 2. The Balaban J connectivity index is 0.00000289. The van der Waals surface area contributed by atoms with Gasteiger partial charge in [-0.05, 0) is 17.7 Å². The smallest absolute Gasteiger partial charge is 0.188 e. The summed E-state index contributed by atoms with van der Waals surface area (Å²) in [6.07, 6.45) is 0. The standard InChI is InChI=1S/C11H15Cl2N3O.HI/c1-17-5-4-15-11(14)16-7-8-2-3-9(12)6-10(8)13;/h2-3,6H,4-5,7H2,1H3,(H3,14,15,16);1H. The molecule has 0 fully saturated rings. The van der Waals surface area contributed by atoms with Crippen molar-refractivity contribution in [3.8, 4) is 0 Å². The molecule has 0 unspecified atom stereocenters. The van der Waals surface area contributed by atoms with Gasteiger partial charge >= 0.3 is 0 Å². The summed E-state index contributed by atoms with van der Waals surface area (Å²) in [5.41, 5.74) is 6.54. The van der Waals surface area contributed by atoms with Crippen molar-refractivity contribution < 1.29 is 4.74 Å². The summed E-state index contributed by atoms with van der Waals surface area (Å²) in [6, 6.07) is 5.28. The molecule has 7 heteroatoms. The van der Waals surface area contributed by atoms with Gasteiger partial charge in [-0.2, -0.15) is 0 Å². The highest BCUT2D eigenvalue weighted by molar-refractivity contribution is 14.0. The van der Waals surface area contributed by atoms with Gasteiger partial charge in [0.05, 0.1) is 13.2 Å². The van der Waals surface area contributed by atoms with Crippen molar-refractivity contribution in [2.45, 2.75) is 6.54 Å². The molecule has 0 amide bonds. The average Bonchev–Trinajstić information content (AvgIpc) is 2.28. The van der Waals surface area contributed by atoms with E-state index in [1.54, 1.807) is 19.2 Å². The second-order valence-corrected chi connectivity index (χ2v) is 4.20. The summed E-state index contributed by atoms with van der Waals surface area (Å²) in [4.78, 5) is 4.16. The first kappa shape index (κ1) is 17.8. The predicted octanol–water partition coefficient (Wildman–Crippen LogP) is 2.66. The first-order chi connectivity index (χ1) is 8.13. The number of hydrogen-bond acceptors (Lipinski definition) is 2. The summed E-state index contributed by atoms with van der Waals surface area (Å²) in [5, 5.41) is 4.11. The zero-order chi connectivity index (χ0) is 12.7. The summed E-state index contributed by atoms with van der Waals surface area (Å²) < 4.78 is 4.88. The highest BCUT2D eigenvalue weighted by Gasteiger charge is 2.00. The fourth-order valence-electron chi connectivity index (χ4n) is 1.16. The Morgan fingerprint density at radius 3 is 2.78 bits per heavy atom. The number of ether oxygens (including phenoxy) is 1. The maximum Gasteiger partial charge on any atom is 0.188 e. The van der Waals surface area contributed by atoms with Gasteiger partial charge in [0, 0.05) is 23.7 Å². The van der Waals surface area contributed by atoms with Crippen LogP contribution in [0.1, 0.15) is 5.56 Å². The lowest BCUT2D eigenvalue weighted by Crippen LogP contribution is -2.34. The van der Waals surface area contributed by atoms with Gasteiger partial charge < -0.3 is 15.8 Å². The topological polar surface area (TPSA) is 59.6 Å². The lowest BCUT2D eigenvalue weighted by molar-refractivity contribution is 0.204. The van der Waals surface area contributed by atoms with Crippen LogP contribution in [0.4, 0.5) is 0 Å². The number of halogens is 3. The molecule has 1 aromatic carbocycles. The second-order valence-electron chi connectivity index (χ2n) is 3.36. The largest absolute Gasteiger partial charge is 0.383 e. The van der Waals surface area contributed by atoms with Crippen LogP contribution in [0.2, 0.25) is 10.0 Å². The van der Waals surface area contributed by atoms with E-state index in [0.717, 1.165) is 5.56 Å². The molecule has 0 radical (unpaired) electrons. The van der Waals surface area contributed by atoms with Crippen LogP contribution in [-0.4, -0.2) is 26.2 Å². The molecule has 1 aromatic rings. The molecule has 0 bridgehead atoms. The molecule has 0 saturated carbocycles. The van der Waals surface area contributed by atoms with Crippen LogP contribution in [0.3, 0.4) is 0 Å². The molecule has 18 heavy (non-hydrogen) atoms. The third-order valence-electron chi connectivity index (χ3n) is 2.05. The predicted molar refractivity (Wildman–Crippen MR) is 87.1 cm³/mol. The van der Waals surface area contributed by atoms with Crippen LogP contribution in [-0.2, 0) is 11.3 Å². The van der Waals surface area contributed by atoms with E-state index in [1.807, 2.05) is 6.07 Å². The van der Waals surface area contributed by atoms with E-state index in [2.05, 4.69) is 10.3 Å². The summed E-state index contributed by atoms with van der Waals surface area (Å²) in [7, 11) is 1.63. The Morgan fingerprint density at radius 2 is 2.17 bits per heavy atom. The van der Waals surface area contributed by atoms with Crippen LogP contribution in [0, 0.1) is 0 Å². The van der Waals surface area contributed by atoms with Gasteiger partial charge in [-0.1, -0.05) is 29.3 Å². The lowest BCUT2D eigenvalue weighted by atomic mass is 10.2. The van der Waals surface area contributed by atoms with Gasteiger partial charge in [0.2, 0.25) is 0 Å². The first-order valence-electron chi connectivity index (χ1n) is 5.10. The number of rotatable bonds is 5. The van der Waals surface area contributed by atoms with Gasteiger partial charge in [0.25, 0.3) is 0 Å². The minimum absolute atomic E-state index is 0. The molecule has 0 atom stereocenters. The highest BCUT2D eigenvalue weighted by Crippen LogP contribution is 2.21. The van der Waals surface area contributed by atoms with Crippen molar-refractivity contribution >= 4 is 53.1 Å². The quantitative estimate of drug-likeness (QED) is 0.344. The Labute approximate surface area is 134 Å². The first-order valence-corrected chi connectivity index (χ1v) is 5.85. The van der Waals surface area contributed by atoms with Crippen LogP contribution in [0.25, 0.3) is 0 Å². The molecule has 0 aliphatic rings. The van der Waals surface area contributed by atoms with Crippen molar-refractivity contribution in [3.05, 3.63) is 33.8 Å². The number of nitrogens with two attached hydrogens (primary N) is 1. The van der Waals surface area contributed by atoms with Gasteiger partial charge in [-0.3, -0.25) is 0 Å². The molecule has 0 spiro atoms. The van der Waals surface area contributed by atoms with E-state index in [0.29, 0.717) is 35.7 Å². The lowest BCUT2D eigenvalue weighted by Gasteiger charge is -2.05. The average molecular weight is 404 g/mol. The van der Waals surface area contributed by atoms with Crippen molar-refractivity contribution in [1.82, 2.24) is 5.32 Å². The fraction of sp³-hybridized carbons (Fsp3) is 0.364. The van der Waals surface area contributed by atoms with Crippen LogP contribution in [0.15, 0.2) is 23.2 Å². The highest BCUT2D eigenvalue weighted by atomic mass is 127. The normalized spacial score (nSPS) is 10.9. The Bertz CT molecular complexity index is 402. The fourth-order valence-corrected chi connectivity index (χ4v) is 1.63. The zero-order valence-electron chi connectivity index (χ0n) is 9.95. The number of nitrogens with one attached hydrogen (secondary N) is 1. The molecule has 0 aliphatic heterocycles. The summed E-state index contributed by atoms with van der Waals surface area (Å²) in [5.74, 6) is 0.369. The number of methoxy groups -OCH3 is 1. The molecule has 1 rings (SSSR count). The summed E-state index contributed by atoms with van der Waals surface area (Å²) in [6.45, 7) is 1.62. The van der Waals surface area contributed by atoms with Crippen LogP contribution in [0.5, 0.6) is 0 Å². The number of guanidine groups is 1. The molecule has 0 aliphatic carbocycles. The van der Waals surface area contributed by atoms with Crippen LogP contribution < -0.4 is 11.1 Å². The minimum Gasteiger partial charge on any atom is -0.383 e. The third kappa shape index (κ3) is 6.63. The monoisotopic (exact) mass is 403 g/mol. The maximum absolute atomic E-state index is 6.00. The van der Waals surface area contributed by atoms with Crippen molar-refractivity contribution in [1.29, 1.82) is 0 Å². The van der Waals surface area contributed by atoms with Crippen molar-refractivity contribution in [2.75, 3.05) is 20.3 Å². The van der Waals surface area contributed by atoms with E-state index >= 15 is 0 Å². The number of nitrogens with zero attached hydrogens (tertiary/aromatic N) is 1. The van der Waals surface area contributed by atoms with Crippen LogP contribution >= 0.6 is 47.2 Å². The van der Waals surface area contributed by atoms with E-state index in [4.69, 9.17) is 33.7 Å². The van der Waals surface area contributed by atoms with Gasteiger partial charge in [-0.15, -0.1) is 24.0 Å². The minimum atomic E-state index is 0. The zero-order valence-corrected chi connectivity index (χ0v) is 13.8. The molecule has 4 nitrogen and oxygen atoms in total. The third-order valence-corrected chi connectivity index (χ3v) is 2.63. The van der Waals surface area contributed by atoms with Crippen molar-refractivity contribution in [2.24, 2.45) is 10.7 Å². The molecular formula is C11H16Cl2IN3O. The van der Waals surface area contributed by atoms with Crippen molar-refractivity contribution in [3.63, 3.8) is 0 Å². The molecular weight excluding hydrogens is 388 g/mol.